The molecule has 0 aliphatic heterocycles. The summed E-state index contributed by atoms with van der Waals surface area (Å²) in [4.78, 5) is 35.0. The molecule has 2 rings (SSSR count). The Kier molecular flexibility index (Phi) is 4.74. The molecule has 0 aromatic carbocycles. The van der Waals surface area contributed by atoms with Crippen LogP contribution in [0.15, 0.2) is 12.2 Å². The van der Waals surface area contributed by atoms with Gasteiger partial charge in [0.1, 0.15) is 5.00 Å². The zero-order valence-corrected chi connectivity index (χ0v) is 12.2. The first-order chi connectivity index (χ1) is 10.0. The molecule has 1 aliphatic rings. The molecular formula is C14H14NO5S-. The number of amides is 1. The van der Waals surface area contributed by atoms with Crippen LogP contribution in [-0.4, -0.2) is 24.5 Å². The number of carboxylic acids is 1. The van der Waals surface area contributed by atoms with Crippen molar-refractivity contribution in [3.05, 3.63) is 28.2 Å². The number of nitrogens with one attached hydrogen (secondary N) is 1. The van der Waals surface area contributed by atoms with Crippen LogP contribution in [0, 0.1) is 0 Å². The minimum atomic E-state index is -1.45. The second-order valence-electron chi connectivity index (χ2n) is 4.42. The third kappa shape index (κ3) is 3.49. The Hall–Kier alpha value is -2.15. The van der Waals surface area contributed by atoms with Crippen molar-refractivity contribution >= 4 is 34.2 Å². The number of fused-ring (bicyclic) bond motifs is 1. The lowest BCUT2D eigenvalue weighted by Gasteiger charge is -2.06. The number of anilines is 1. The highest BCUT2D eigenvalue weighted by Gasteiger charge is 2.27. The highest BCUT2D eigenvalue weighted by molar-refractivity contribution is 7.17. The fraction of sp³-hybridized carbons (Fsp3) is 0.357. The number of rotatable bonds is 5. The van der Waals surface area contributed by atoms with E-state index < -0.39 is 17.8 Å². The van der Waals surface area contributed by atoms with Gasteiger partial charge in [0.2, 0.25) is 5.91 Å². The Bertz CT molecular complexity index is 617. The van der Waals surface area contributed by atoms with Crippen molar-refractivity contribution in [2.75, 3.05) is 11.9 Å². The second kappa shape index (κ2) is 6.53. The van der Waals surface area contributed by atoms with E-state index in [9.17, 15) is 19.5 Å². The zero-order valence-electron chi connectivity index (χ0n) is 11.4. The number of esters is 1. The zero-order chi connectivity index (χ0) is 15.4. The van der Waals surface area contributed by atoms with Crippen LogP contribution in [0.3, 0.4) is 0 Å². The van der Waals surface area contributed by atoms with Crippen molar-refractivity contribution in [2.24, 2.45) is 0 Å². The molecule has 0 saturated carbocycles. The molecule has 1 amide bonds. The van der Waals surface area contributed by atoms with E-state index in [4.69, 9.17) is 4.74 Å². The lowest BCUT2D eigenvalue weighted by Crippen LogP contribution is -2.20. The highest BCUT2D eigenvalue weighted by atomic mass is 32.1. The Labute approximate surface area is 125 Å². The maximum absolute atomic E-state index is 12.0. The van der Waals surface area contributed by atoms with Gasteiger partial charge in [-0.15, -0.1) is 11.3 Å². The van der Waals surface area contributed by atoms with Gasteiger partial charge in [0, 0.05) is 11.0 Å². The van der Waals surface area contributed by atoms with Crippen LogP contribution >= 0.6 is 11.3 Å². The fourth-order valence-electron chi connectivity index (χ4n) is 2.21. The van der Waals surface area contributed by atoms with Crippen LogP contribution in [0.5, 0.6) is 0 Å². The van der Waals surface area contributed by atoms with Crippen molar-refractivity contribution in [3.8, 4) is 0 Å². The van der Waals surface area contributed by atoms with Crippen molar-refractivity contribution in [3.63, 3.8) is 0 Å². The number of carbonyl (C=O) groups is 3. The summed E-state index contributed by atoms with van der Waals surface area (Å²) < 4.78 is 5.03. The summed E-state index contributed by atoms with van der Waals surface area (Å²) in [7, 11) is 0. The fourth-order valence-corrected chi connectivity index (χ4v) is 3.49. The van der Waals surface area contributed by atoms with Gasteiger partial charge >= 0.3 is 5.97 Å². The van der Waals surface area contributed by atoms with Crippen LogP contribution in [0.1, 0.15) is 34.1 Å². The molecule has 0 radical (unpaired) electrons. The first-order valence-electron chi connectivity index (χ1n) is 6.54. The van der Waals surface area contributed by atoms with E-state index in [0.717, 1.165) is 35.8 Å². The lowest BCUT2D eigenvalue weighted by molar-refractivity contribution is -0.297. The molecule has 7 heteroatoms. The van der Waals surface area contributed by atoms with Crippen molar-refractivity contribution in [1.82, 2.24) is 0 Å². The largest absolute Gasteiger partial charge is 0.545 e. The molecule has 1 aromatic heterocycles. The molecular weight excluding hydrogens is 294 g/mol. The summed E-state index contributed by atoms with van der Waals surface area (Å²) in [5.74, 6) is -2.54. The smallest absolute Gasteiger partial charge is 0.341 e. The molecule has 0 saturated heterocycles. The summed E-state index contributed by atoms with van der Waals surface area (Å²) in [6, 6.07) is 0. The third-order valence-electron chi connectivity index (χ3n) is 3.01. The average Bonchev–Trinajstić information content (AvgIpc) is 2.96. The van der Waals surface area contributed by atoms with Crippen molar-refractivity contribution in [1.29, 1.82) is 0 Å². The van der Waals surface area contributed by atoms with Crippen molar-refractivity contribution < 1.29 is 24.2 Å². The monoisotopic (exact) mass is 308 g/mol. The van der Waals surface area contributed by atoms with E-state index in [1.807, 2.05) is 0 Å². The quantitative estimate of drug-likeness (QED) is 0.637. The number of carboxylic acid groups (broad SMARTS) is 1. The molecule has 0 spiro atoms. The number of carbonyl (C=O) groups excluding carboxylic acids is 3. The van der Waals surface area contributed by atoms with Crippen LogP contribution in [0.2, 0.25) is 0 Å². The summed E-state index contributed by atoms with van der Waals surface area (Å²) in [5, 5.41) is 13.2. The van der Waals surface area contributed by atoms with Gasteiger partial charge in [0.15, 0.2) is 0 Å². The van der Waals surface area contributed by atoms with Crippen molar-refractivity contribution in [2.45, 2.75) is 26.2 Å². The maximum Gasteiger partial charge on any atom is 0.341 e. The van der Waals surface area contributed by atoms with Gasteiger partial charge < -0.3 is 20.0 Å². The van der Waals surface area contributed by atoms with Gasteiger partial charge in [-0.1, -0.05) is 0 Å². The molecule has 0 atom stereocenters. The first-order valence-corrected chi connectivity index (χ1v) is 7.36. The number of ether oxygens (including phenoxy) is 1. The average molecular weight is 308 g/mol. The first kappa shape index (κ1) is 15.2. The number of aliphatic carboxylic acids is 1. The Morgan fingerprint density at radius 1 is 1.33 bits per heavy atom. The molecule has 1 N–H and O–H groups in total. The SMILES string of the molecule is CCOC(=O)c1c(NC(=O)C=CC(=O)[O-])sc2c1CCC2. The molecule has 1 aliphatic carbocycles. The van der Waals surface area contributed by atoms with E-state index in [2.05, 4.69) is 5.32 Å². The standard InChI is InChI=1S/C14H15NO5S/c1-2-20-14(19)12-8-4-3-5-9(8)21-13(12)15-10(16)6-7-11(17)18/h6-7H,2-5H2,1H3,(H,15,16)(H,17,18)/p-1. The van der Waals surface area contributed by atoms with Gasteiger partial charge in [0.25, 0.3) is 0 Å². The van der Waals surface area contributed by atoms with Gasteiger partial charge in [-0.3, -0.25) is 4.79 Å². The molecule has 0 unspecified atom stereocenters. The van der Waals surface area contributed by atoms with E-state index in [1.54, 1.807) is 6.92 Å². The Morgan fingerprint density at radius 2 is 2.10 bits per heavy atom. The normalized spacial score (nSPS) is 13.2. The van der Waals surface area contributed by atoms with Gasteiger partial charge in [0.05, 0.1) is 18.1 Å². The minimum absolute atomic E-state index is 0.251. The van der Waals surface area contributed by atoms with Crippen LogP contribution < -0.4 is 10.4 Å². The molecule has 6 nitrogen and oxygen atoms in total. The number of hydrogen-bond donors (Lipinski definition) is 1. The number of hydrogen-bond acceptors (Lipinski definition) is 6. The Morgan fingerprint density at radius 3 is 2.76 bits per heavy atom. The van der Waals surface area contributed by atoms with E-state index >= 15 is 0 Å². The minimum Gasteiger partial charge on any atom is -0.545 e. The second-order valence-corrected chi connectivity index (χ2v) is 5.53. The number of thiophene rings is 1. The molecule has 1 heterocycles. The third-order valence-corrected chi connectivity index (χ3v) is 4.22. The molecule has 0 bridgehead atoms. The Balaban J connectivity index is 2.25. The summed E-state index contributed by atoms with van der Waals surface area (Å²) >= 11 is 1.34. The van der Waals surface area contributed by atoms with Crippen LogP contribution in [-0.2, 0) is 27.2 Å². The van der Waals surface area contributed by atoms with E-state index in [1.165, 1.54) is 11.3 Å². The number of aryl methyl sites for hydroxylation is 1. The van der Waals surface area contributed by atoms with E-state index in [-0.39, 0.29) is 6.61 Å². The summed E-state index contributed by atoms with van der Waals surface area (Å²) in [6.07, 6.45) is 4.13. The molecule has 21 heavy (non-hydrogen) atoms. The highest BCUT2D eigenvalue weighted by Crippen LogP contribution is 2.39. The topological polar surface area (TPSA) is 95.5 Å². The molecule has 1 aromatic rings. The molecule has 0 fully saturated rings. The van der Waals surface area contributed by atoms with Gasteiger partial charge in [-0.2, -0.15) is 0 Å². The molecule has 112 valence electrons. The van der Waals surface area contributed by atoms with E-state index in [0.29, 0.717) is 16.6 Å². The van der Waals surface area contributed by atoms with Crippen LogP contribution in [0.25, 0.3) is 0 Å². The summed E-state index contributed by atoms with van der Waals surface area (Å²) in [6.45, 7) is 1.97. The lowest BCUT2D eigenvalue weighted by atomic mass is 10.1. The van der Waals surface area contributed by atoms with Crippen LogP contribution in [0.4, 0.5) is 5.00 Å². The maximum atomic E-state index is 12.0. The van der Waals surface area contributed by atoms with Gasteiger partial charge in [-0.25, -0.2) is 4.79 Å². The predicted octanol–water partition coefficient (Wildman–Crippen LogP) is 0.658. The summed E-state index contributed by atoms with van der Waals surface area (Å²) in [5.41, 5.74) is 1.32. The predicted molar refractivity (Wildman–Crippen MR) is 75.1 cm³/mol. The van der Waals surface area contributed by atoms with Gasteiger partial charge in [-0.05, 0) is 37.8 Å².